The van der Waals surface area contributed by atoms with Crippen LogP contribution in [0.3, 0.4) is 0 Å². The predicted octanol–water partition coefficient (Wildman–Crippen LogP) is 2.52. The van der Waals surface area contributed by atoms with Gasteiger partial charge in [0.05, 0.1) is 0 Å². The Hall–Kier alpha value is -0.570. The summed E-state index contributed by atoms with van der Waals surface area (Å²) >= 11 is 0. The monoisotopic (exact) mass is 216 g/mol. The van der Waals surface area contributed by atoms with Crippen LogP contribution >= 0.6 is 0 Å². The van der Waals surface area contributed by atoms with E-state index in [0.29, 0.717) is 6.42 Å². The van der Waals surface area contributed by atoms with Gasteiger partial charge in [-0.2, -0.15) is 0 Å². The Bertz CT molecular complexity index is 164. The normalized spacial score (nSPS) is 14.7. The first-order valence-corrected chi connectivity index (χ1v) is 5.99. The second-order valence-corrected chi connectivity index (χ2v) is 3.92. The minimum atomic E-state index is -0.136. The van der Waals surface area contributed by atoms with Crippen molar-refractivity contribution in [3.05, 3.63) is 0 Å². The van der Waals surface area contributed by atoms with Crippen LogP contribution in [-0.4, -0.2) is 23.8 Å². The molecule has 0 aliphatic rings. The van der Waals surface area contributed by atoms with E-state index in [0.717, 1.165) is 25.7 Å². The maximum atomic E-state index is 11.4. The van der Waals surface area contributed by atoms with Crippen LogP contribution in [0.25, 0.3) is 0 Å². The number of hydrogen-bond acceptors (Lipinski definition) is 3. The maximum absolute atomic E-state index is 11.4. The molecule has 0 saturated heterocycles. The molecule has 0 radical (unpaired) electrons. The lowest BCUT2D eigenvalue weighted by atomic mass is 9.97. The van der Waals surface area contributed by atoms with E-state index in [4.69, 9.17) is 4.74 Å². The minimum absolute atomic E-state index is 0.0887. The molecule has 0 aromatic heterocycles. The Morgan fingerprint density at radius 2 is 1.93 bits per heavy atom. The second-order valence-electron chi connectivity index (χ2n) is 3.92. The van der Waals surface area contributed by atoms with Gasteiger partial charge in [-0.05, 0) is 19.3 Å². The summed E-state index contributed by atoms with van der Waals surface area (Å²) in [6.45, 7) is 6.13. The van der Waals surface area contributed by atoms with Crippen molar-refractivity contribution in [2.45, 2.75) is 59.0 Å². The van der Waals surface area contributed by atoms with Crippen LogP contribution in [0.15, 0.2) is 0 Å². The van der Waals surface area contributed by atoms with Gasteiger partial charge in [-0.25, -0.2) is 0 Å². The molecule has 0 saturated carbocycles. The fourth-order valence-electron chi connectivity index (χ4n) is 1.62. The number of carbonyl (C=O) groups excluding carboxylic acids is 1. The van der Waals surface area contributed by atoms with E-state index in [-0.39, 0.29) is 24.6 Å². The van der Waals surface area contributed by atoms with Gasteiger partial charge in [0.15, 0.2) is 0 Å². The number of ether oxygens (including phenoxy) is 1. The topological polar surface area (TPSA) is 46.5 Å². The third-order valence-corrected chi connectivity index (χ3v) is 2.59. The largest absolute Gasteiger partial charge is 0.462 e. The van der Waals surface area contributed by atoms with E-state index >= 15 is 0 Å². The van der Waals surface area contributed by atoms with Crippen molar-refractivity contribution in [1.29, 1.82) is 0 Å². The van der Waals surface area contributed by atoms with Crippen LogP contribution in [0.4, 0.5) is 0 Å². The molecular formula is C12H24O3. The fraction of sp³-hybridized carbons (Fsp3) is 0.917. The summed E-state index contributed by atoms with van der Waals surface area (Å²) in [6.07, 6.45) is 3.84. The van der Waals surface area contributed by atoms with E-state index in [1.165, 1.54) is 0 Å². The molecule has 3 heteroatoms. The van der Waals surface area contributed by atoms with E-state index in [9.17, 15) is 9.90 Å². The van der Waals surface area contributed by atoms with Gasteiger partial charge in [0.2, 0.25) is 0 Å². The summed E-state index contributed by atoms with van der Waals surface area (Å²) in [5.74, 6) is -0.0476. The highest BCUT2D eigenvalue weighted by atomic mass is 16.5. The van der Waals surface area contributed by atoms with Crippen LogP contribution in [0.1, 0.15) is 52.9 Å². The Kier molecular flexibility index (Phi) is 8.38. The number of rotatable bonds is 8. The van der Waals surface area contributed by atoms with Crippen molar-refractivity contribution in [3.8, 4) is 0 Å². The van der Waals surface area contributed by atoms with Crippen molar-refractivity contribution in [3.63, 3.8) is 0 Å². The Balaban J connectivity index is 4.18. The molecule has 0 amide bonds. The van der Waals surface area contributed by atoms with E-state index in [2.05, 4.69) is 6.92 Å². The smallest absolute Gasteiger partial charge is 0.306 e. The van der Waals surface area contributed by atoms with E-state index in [1.807, 2.05) is 13.8 Å². The highest BCUT2D eigenvalue weighted by Crippen LogP contribution is 2.17. The Morgan fingerprint density at radius 1 is 1.27 bits per heavy atom. The van der Waals surface area contributed by atoms with Gasteiger partial charge in [-0.1, -0.05) is 27.2 Å². The van der Waals surface area contributed by atoms with Gasteiger partial charge in [0.25, 0.3) is 0 Å². The summed E-state index contributed by atoms with van der Waals surface area (Å²) in [5.41, 5.74) is 0. The Morgan fingerprint density at radius 3 is 2.33 bits per heavy atom. The molecule has 0 aromatic rings. The lowest BCUT2D eigenvalue weighted by molar-refractivity contribution is -0.153. The number of carbonyl (C=O) groups is 1. The third-order valence-electron chi connectivity index (χ3n) is 2.59. The molecule has 2 atom stereocenters. The van der Waals surface area contributed by atoms with Crippen LogP contribution in [0.2, 0.25) is 0 Å². The van der Waals surface area contributed by atoms with Crippen molar-refractivity contribution in [1.82, 2.24) is 0 Å². The molecule has 0 aliphatic carbocycles. The van der Waals surface area contributed by atoms with Gasteiger partial charge >= 0.3 is 5.97 Å². The minimum Gasteiger partial charge on any atom is -0.462 e. The van der Waals surface area contributed by atoms with Gasteiger partial charge in [0.1, 0.15) is 6.10 Å². The van der Waals surface area contributed by atoms with Gasteiger partial charge in [0, 0.05) is 18.9 Å². The molecule has 2 unspecified atom stereocenters. The van der Waals surface area contributed by atoms with Gasteiger partial charge in [-0.15, -0.1) is 0 Å². The summed E-state index contributed by atoms with van der Waals surface area (Å²) in [6, 6.07) is 0. The predicted molar refractivity (Wildman–Crippen MR) is 60.6 cm³/mol. The van der Waals surface area contributed by atoms with Crippen LogP contribution < -0.4 is 0 Å². The Labute approximate surface area is 92.8 Å². The summed E-state index contributed by atoms with van der Waals surface area (Å²) in [4.78, 5) is 11.4. The van der Waals surface area contributed by atoms with Crippen molar-refractivity contribution in [2.24, 2.45) is 5.92 Å². The molecule has 90 valence electrons. The summed E-state index contributed by atoms with van der Waals surface area (Å²) in [7, 11) is 0. The zero-order valence-electron chi connectivity index (χ0n) is 10.2. The first-order valence-electron chi connectivity index (χ1n) is 5.99. The van der Waals surface area contributed by atoms with E-state index in [1.54, 1.807) is 0 Å². The quantitative estimate of drug-likeness (QED) is 0.634. The van der Waals surface area contributed by atoms with Crippen LogP contribution in [-0.2, 0) is 9.53 Å². The highest BCUT2D eigenvalue weighted by molar-refractivity contribution is 5.69. The SMILES string of the molecule is CCCC(=O)OC(CCC)C(CC)CO. The maximum Gasteiger partial charge on any atom is 0.306 e. The van der Waals surface area contributed by atoms with Gasteiger partial charge < -0.3 is 9.84 Å². The zero-order valence-corrected chi connectivity index (χ0v) is 10.2. The van der Waals surface area contributed by atoms with E-state index < -0.39 is 0 Å². The van der Waals surface area contributed by atoms with Crippen LogP contribution in [0, 0.1) is 5.92 Å². The molecule has 0 fully saturated rings. The van der Waals surface area contributed by atoms with Crippen molar-refractivity contribution < 1.29 is 14.6 Å². The molecule has 3 nitrogen and oxygen atoms in total. The molecule has 0 aliphatic heterocycles. The molecule has 1 N–H and O–H groups in total. The highest BCUT2D eigenvalue weighted by Gasteiger charge is 2.22. The third kappa shape index (κ3) is 5.78. The zero-order chi connectivity index (χ0) is 11.7. The average Bonchev–Trinajstić information content (AvgIpc) is 2.20. The summed E-state index contributed by atoms with van der Waals surface area (Å²) < 4.78 is 5.38. The standard InChI is InChI=1S/C12H24O3/c1-4-7-11(10(6-3)9-13)15-12(14)8-5-2/h10-11,13H,4-9H2,1-3H3. The van der Waals surface area contributed by atoms with Crippen molar-refractivity contribution in [2.75, 3.05) is 6.61 Å². The first kappa shape index (κ1) is 14.4. The van der Waals surface area contributed by atoms with Crippen molar-refractivity contribution >= 4 is 5.97 Å². The number of aliphatic hydroxyl groups excluding tert-OH is 1. The average molecular weight is 216 g/mol. The molecule has 0 spiro atoms. The lowest BCUT2D eigenvalue weighted by Gasteiger charge is -2.24. The first-order chi connectivity index (χ1) is 7.19. The molecule has 0 rings (SSSR count). The molecule has 0 bridgehead atoms. The second kappa shape index (κ2) is 8.72. The molecule has 15 heavy (non-hydrogen) atoms. The van der Waals surface area contributed by atoms with Crippen LogP contribution in [0.5, 0.6) is 0 Å². The molecule has 0 heterocycles. The molecule has 0 aromatic carbocycles. The molecular weight excluding hydrogens is 192 g/mol. The number of aliphatic hydroxyl groups is 1. The number of hydrogen-bond donors (Lipinski definition) is 1. The fourth-order valence-corrected chi connectivity index (χ4v) is 1.62. The summed E-state index contributed by atoms with van der Waals surface area (Å²) in [5, 5.41) is 9.17. The lowest BCUT2D eigenvalue weighted by Crippen LogP contribution is -2.29. The number of esters is 1. The van der Waals surface area contributed by atoms with Gasteiger partial charge in [-0.3, -0.25) is 4.79 Å².